The van der Waals surface area contributed by atoms with Gasteiger partial charge in [-0.05, 0) is 0 Å². The molecule has 0 aliphatic heterocycles. The predicted octanol–water partition coefficient (Wildman–Crippen LogP) is -2.04. The molecule has 0 rings (SSSR count). The van der Waals surface area contributed by atoms with E-state index in [1.54, 1.807) is 0 Å². The van der Waals surface area contributed by atoms with Gasteiger partial charge in [0.1, 0.15) is 0 Å². The maximum atomic E-state index is 9.25. The zero-order valence-corrected chi connectivity index (χ0v) is 4.45. The SMILES string of the molecule is C[AsH](=O)O.[NaH].[NaH]. The first kappa shape index (κ1) is 15.8. The van der Waals surface area contributed by atoms with E-state index in [2.05, 4.69) is 0 Å². The fourth-order valence-electron chi connectivity index (χ4n) is 0. The summed E-state index contributed by atoms with van der Waals surface area (Å²) in [5, 5.41) is 0. The van der Waals surface area contributed by atoms with Crippen molar-refractivity contribution in [3.05, 3.63) is 0 Å². The Balaban J connectivity index is -0.0000000450. The molecule has 0 saturated carbocycles. The van der Waals surface area contributed by atoms with Gasteiger partial charge < -0.3 is 0 Å². The van der Waals surface area contributed by atoms with Crippen LogP contribution in [0.3, 0.4) is 0 Å². The summed E-state index contributed by atoms with van der Waals surface area (Å²) in [6.07, 6.45) is 0. The van der Waals surface area contributed by atoms with Gasteiger partial charge in [0.15, 0.2) is 0 Å². The van der Waals surface area contributed by atoms with Gasteiger partial charge in [-0.3, -0.25) is 0 Å². The van der Waals surface area contributed by atoms with Crippen molar-refractivity contribution in [1.82, 2.24) is 0 Å². The van der Waals surface area contributed by atoms with Crippen LogP contribution in [0.4, 0.5) is 0 Å². The van der Waals surface area contributed by atoms with Crippen molar-refractivity contribution in [1.29, 1.82) is 0 Å². The van der Waals surface area contributed by atoms with Gasteiger partial charge in [-0.25, -0.2) is 0 Å². The Hall–Kier alpha value is 2.32. The van der Waals surface area contributed by atoms with Crippen molar-refractivity contribution in [3.63, 3.8) is 0 Å². The number of hydrogen-bond donors (Lipinski definition) is 1. The van der Waals surface area contributed by atoms with E-state index in [1.807, 2.05) is 0 Å². The average Bonchev–Trinajstić information content (AvgIpc) is 0.811. The van der Waals surface area contributed by atoms with Crippen LogP contribution in [0.2, 0.25) is 5.71 Å². The molecule has 6 heavy (non-hydrogen) atoms. The molecule has 0 spiro atoms. The third-order valence-electron chi connectivity index (χ3n) is 0. The molecule has 1 unspecified atom stereocenters. The molecule has 0 aromatic rings. The van der Waals surface area contributed by atoms with Crippen LogP contribution in [0.5, 0.6) is 0 Å². The Morgan fingerprint density at radius 3 is 1.50 bits per heavy atom. The molecule has 0 aromatic heterocycles. The standard InChI is InChI=1S/CH5AsO2.2Na.2H/c1-2(3)4;;;;/h2H,1H3,(H,3,4);;;;. The van der Waals surface area contributed by atoms with Gasteiger partial charge in [-0.1, -0.05) is 0 Å². The molecule has 0 aromatic carbocycles. The molecule has 0 saturated heterocycles. The molecule has 1 atom stereocenters. The van der Waals surface area contributed by atoms with Crippen molar-refractivity contribution in [3.8, 4) is 0 Å². The number of rotatable bonds is 0. The second-order valence-electron chi connectivity index (χ2n) is 0.519. The molecule has 0 fully saturated rings. The van der Waals surface area contributed by atoms with E-state index in [9.17, 15) is 3.74 Å². The first-order valence-corrected chi connectivity index (χ1v) is 4.82. The van der Waals surface area contributed by atoms with Crippen molar-refractivity contribution in [2.45, 2.75) is 5.71 Å². The van der Waals surface area contributed by atoms with E-state index in [0.29, 0.717) is 0 Å². The third kappa shape index (κ3) is 33.2. The summed E-state index contributed by atoms with van der Waals surface area (Å²) < 4.78 is 16.9. The molecule has 5 heteroatoms. The van der Waals surface area contributed by atoms with Crippen LogP contribution in [-0.2, 0) is 3.74 Å². The van der Waals surface area contributed by atoms with E-state index < -0.39 is 14.9 Å². The van der Waals surface area contributed by atoms with Crippen molar-refractivity contribution < 1.29 is 7.84 Å². The summed E-state index contributed by atoms with van der Waals surface area (Å²) in [6.45, 7) is 0. The zero-order valence-electron chi connectivity index (χ0n) is 2.36. The van der Waals surface area contributed by atoms with E-state index in [0.717, 1.165) is 0 Å². The Morgan fingerprint density at radius 2 is 1.50 bits per heavy atom. The normalized spacial score (nSPS) is 10.3. The summed E-state index contributed by atoms with van der Waals surface area (Å²) in [4.78, 5) is 0. The second kappa shape index (κ2) is 10.3. The van der Waals surface area contributed by atoms with Gasteiger partial charge in [-0.15, -0.1) is 0 Å². The molecular weight excluding hydrogens is 165 g/mol. The molecule has 0 amide bonds. The second-order valence-corrected chi connectivity index (χ2v) is 2.70. The minimum atomic E-state index is -2.58. The molecule has 0 aliphatic carbocycles. The monoisotopic (exact) mass is 172 g/mol. The summed E-state index contributed by atoms with van der Waals surface area (Å²) >= 11 is -2.58. The van der Waals surface area contributed by atoms with Gasteiger partial charge in [0, 0.05) is 0 Å². The van der Waals surface area contributed by atoms with Crippen LogP contribution < -0.4 is 0 Å². The molecule has 0 radical (unpaired) electrons. The first-order valence-electron chi connectivity index (χ1n) is 0.928. The average molecular weight is 172 g/mol. The fraction of sp³-hybridized carbons (Fsp3) is 1.00. The van der Waals surface area contributed by atoms with Gasteiger partial charge in [0.2, 0.25) is 0 Å². The van der Waals surface area contributed by atoms with Crippen LogP contribution in [0, 0.1) is 0 Å². The van der Waals surface area contributed by atoms with Gasteiger partial charge in [0.25, 0.3) is 0 Å². The van der Waals surface area contributed by atoms with Crippen LogP contribution in [0.25, 0.3) is 0 Å². The molecule has 1 N–H and O–H groups in total. The maximum absolute atomic E-state index is 9.25. The van der Waals surface area contributed by atoms with E-state index >= 15 is 0 Å². The van der Waals surface area contributed by atoms with Crippen LogP contribution >= 0.6 is 0 Å². The van der Waals surface area contributed by atoms with Crippen molar-refractivity contribution >= 4 is 74.0 Å². The molecule has 0 bridgehead atoms. The summed E-state index contributed by atoms with van der Waals surface area (Å²) in [7, 11) is 0. The van der Waals surface area contributed by atoms with Crippen LogP contribution in [0.1, 0.15) is 0 Å². The Bertz CT molecular complexity index is 34.5. The minimum absolute atomic E-state index is 0. The van der Waals surface area contributed by atoms with E-state index in [4.69, 9.17) is 4.10 Å². The quantitative estimate of drug-likeness (QED) is 0.427. The van der Waals surface area contributed by atoms with E-state index in [-0.39, 0.29) is 59.1 Å². The third-order valence-corrected chi connectivity index (χ3v) is 0. The fourth-order valence-corrected chi connectivity index (χ4v) is 0. The molecule has 0 heterocycles. The van der Waals surface area contributed by atoms with E-state index in [1.165, 1.54) is 5.71 Å². The molecule has 0 aliphatic rings. The van der Waals surface area contributed by atoms with Gasteiger partial charge in [-0.2, -0.15) is 0 Å². The van der Waals surface area contributed by atoms with Crippen LogP contribution in [0.15, 0.2) is 0 Å². The predicted molar refractivity (Wildman–Crippen MR) is 30.2 cm³/mol. The Kier molecular flexibility index (Phi) is 27.1. The van der Waals surface area contributed by atoms with Crippen LogP contribution in [-0.4, -0.2) is 78.1 Å². The molecule has 30 valence electrons. The van der Waals surface area contributed by atoms with Crippen molar-refractivity contribution in [2.75, 3.05) is 0 Å². The Morgan fingerprint density at radius 1 is 1.50 bits per heavy atom. The summed E-state index contributed by atoms with van der Waals surface area (Å²) in [5.41, 5.74) is 1.33. The topological polar surface area (TPSA) is 37.3 Å². The Labute approximate surface area is 86.1 Å². The summed E-state index contributed by atoms with van der Waals surface area (Å²) in [6, 6.07) is 0. The number of hydrogen-bond acceptors (Lipinski definition) is 1. The van der Waals surface area contributed by atoms with Gasteiger partial charge >= 0.3 is 87.6 Å². The summed E-state index contributed by atoms with van der Waals surface area (Å²) in [5.74, 6) is 0. The molecule has 2 nitrogen and oxygen atoms in total. The zero-order chi connectivity index (χ0) is 3.58. The van der Waals surface area contributed by atoms with Crippen molar-refractivity contribution in [2.24, 2.45) is 0 Å². The first-order chi connectivity index (χ1) is 1.73. The van der Waals surface area contributed by atoms with Gasteiger partial charge in [0.05, 0.1) is 0 Å². The molecular formula is CH7AsNa2O2.